The van der Waals surface area contributed by atoms with Crippen LogP contribution in [-0.4, -0.2) is 0 Å². The molecule has 0 N–H and O–H groups in total. The maximum atomic E-state index is 2.40. The van der Waals surface area contributed by atoms with Crippen LogP contribution in [0.3, 0.4) is 0 Å². The van der Waals surface area contributed by atoms with Crippen LogP contribution < -0.4 is 4.90 Å². The predicted molar refractivity (Wildman–Crippen MR) is 222 cm³/mol. The maximum absolute atomic E-state index is 2.40. The summed E-state index contributed by atoms with van der Waals surface area (Å²) in [5, 5.41) is 5.10. The molecule has 0 bridgehead atoms. The number of nitrogens with zero attached hydrogens (tertiary/aromatic N) is 1. The van der Waals surface area contributed by atoms with Crippen molar-refractivity contribution in [2.45, 2.75) is 78.6 Å². The molecule has 0 atom stereocenters. The molecule has 1 aliphatic carbocycles. The predicted octanol–water partition coefficient (Wildman–Crippen LogP) is 14.7. The minimum atomic E-state index is 0.102. The quantitative estimate of drug-likeness (QED) is 0.181. The van der Waals surface area contributed by atoms with Gasteiger partial charge in [-0.15, -0.1) is 0 Å². The van der Waals surface area contributed by atoms with Gasteiger partial charge in [0.05, 0.1) is 0 Å². The molecule has 7 aromatic rings. The molecule has 1 aliphatic rings. The molecule has 0 aromatic heterocycles. The molecule has 0 heterocycles. The maximum Gasteiger partial charge on any atom is 0.0468 e. The first kappa shape index (κ1) is 33.0. The summed E-state index contributed by atoms with van der Waals surface area (Å²) in [4.78, 5) is 2.40. The number of rotatable bonds is 4. The zero-order valence-electron chi connectivity index (χ0n) is 31.6. The van der Waals surface area contributed by atoms with Crippen LogP contribution >= 0.6 is 0 Å². The summed E-state index contributed by atoms with van der Waals surface area (Å²) in [6.45, 7) is 20.4. The summed E-state index contributed by atoms with van der Waals surface area (Å²) in [5.41, 5.74) is 15.8. The largest absolute Gasteiger partial charge is 0.310 e. The molecule has 0 saturated heterocycles. The van der Waals surface area contributed by atoms with Crippen molar-refractivity contribution < 1.29 is 0 Å². The number of hydrogen-bond acceptors (Lipinski definition) is 1. The van der Waals surface area contributed by atoms with Crippen molar-refractivity contribution in [2.75, 3.05) is 4.90 Å². The van der Waals surface area contributed by atoms with Gasteiger partial charge in [0.15, 0.2) is 0 Å². The van der Waals surface area contributed by atoms with Gasteiger partial charge >= 0.3 is 0 Å². The smallest absolute Gasteiger partial charge is 0.0468 e. The number of benzene rings is 7. The van der Waals surface area contributed by atoms with Crippen molar-refractivity contribution in [1.82, 2.24) is 0 Å². The van der Waals surface area contributed by atoms with E-state index in [1.54, 1.807) is 0 Å². The minimum absolute atomic E-state index is 0.102. The van der Waals surface area contributed by atoms with Crippen LogP contribution in [0.15, 0.2) is 133 Å². The molecule has 51 heavy (non-hydrogen) atoms. The average Bonchev–Trinajstić information content (AvgIpc) is 3.09. The highest BCUT2D eigenvalue weighted by atomic mass is 15.1. The Morgan fingerprint density at radius 1 is 0.294 bits per heavy atom. The summed E-state index contributed by atoms with van der Waals surface area (Å²) >= 11 is 0. The lowest BCUT2D eigenvalue weighted by Gasteiger charge is -2.29. The van der Waals surface area contributed by atoms with E-state index in [1.165, 1.54) is 71.6 Å². The van der Waals surface area contributed by atoms with Gasteiger partial charge in [-0.2, -0.15) is 0 Å². The van der Waals surface area contributed by atoms with Crippen LogP contribution in [0.2, 0.25) is 0 Å². The van der Waals surface area contributed by atoms with Gasteiger partial charge in [-0.1, -0.05) is 129 Å². The standard InChI is InChI=1S/C50H49N/c1-48(2,3)38-15-12-32(13-16-38)33-10-11-34-28-44-46(30-36(34)26-33)45-29-35-14-21-43(27-37(35)31-47(44)45)51(41-22-17-39(18-23-41)49(4,5)6)42-24-19-40(20-25-42)50(7,8)9/h10-31H,1-9H3. The Balaban J connectivity index is 1.16. The first-order valence-corrected chi connectivity index (χ1v) is 18.4. The van der Waals surface area contributed by atoms with Crippen molar-refractivity contribution in [3.8, 4) is 33.4 Å². The molecule has 0 aliphatic heterocycles. The van der Waals surface area contributed by atoms with Gasteiger partial charge in [-0.25, -0.2) is 0 Å². The average molecular weight is 664 g/mol. The molecule has 0 fully saturated rings. The Labute approximate surface area is 304 Å². The van der Waals surface area contributed by atoms with Crippen LogP contribution in [0.25, 0.3) is 54.9 Å². The van der Waals surface area contributed by atoms with Crippen molar-refractivity contribution in [1.29, 1.82) is 0 Å². The highest BCUT2D eigenvalue weighted by molar-refractivity contribution is 6.12. The molecule has 0 unspecified atom stereocenters. The van der Waals surface area contributed by atoms with E-state index in [-0.39, 0.29) is 16.2 Å². The van der Waals surface area contributed by atoms with Crippen molar-refractivity contribution >= 4 is 38.6 Å². The Morgan fingerprint density at radius 3 is 1.06 bits per heavy atom. The van der Waals surface area contributed by atoms with Gasteiger partial charge in [-0.05, 0) is 155 Å². The third-order valence-electron chi connectivity index (χ3n) is 10.8. The molecule has 8 rings (SSSR count). The van der Waals surface area contributed by atoms with Gasteiger partial charge in [0.1, 0.15) is 0 Å². The normalized spacial score (nSPS) is 12.8. The van der Waals surface area contributed by atoms with Crippen LogP contribution in [0.5, 0.6) is 0 Å². The second-order valence-corrected chi connectivity index (χ2v) is 17.6. The lowest BCUT2D eigenvalue weighted by molar-refractivity contribution is 0.590. The van der Waals surface area contributed by atoms with E-state index in [4.69, 9.17) is 0 Å². The number of fused-ring (bicyclic) bond motifs is 6. The number of anilines is 3. The van der Waals surface area contributed by atoms with E-state index < -0.39 is 0 Å². The molecule has 254 valence electrons. The summed E-state index contributed by atoms with van der Waals surface area (Å²) in [6, 6.07) is 50.7. The van der Waals surface area contributed by atoms with Crippen LogP contribution in [0.1, 0.15) is 79.0 Å². The molecule has 1 heteroatoms. The molecule has 0 spiro atoms. The second-order valence-electron chi connectivity index (χ2n) is 17.6. The second kappa shape index (κ2) is 11.7. The Hall–Kier alpha value is -5.14. The fraction of sp³-hybridized carbons (Fsp3) is 0.240. The molecular formula is C50H49N. The van der Waals surface area contributed by atoms with Gasteiger partial charge in [0.2, 0.25) is 0 Å². The van der Waals surface area contributed by atoms with E-state index in [2.05, 4.69) is 201 Å². The Bertz CT molecular complexity index is 2370. The van der Waals surface area contributed by atoms with Crippen molar-refractivity contribution in [2.24, 2.45) is 0 Å². The van der Waals surface area contributed by atoms with E-state index in [0.29, 0.717) is 0 Å². The van der Waals surface area contributed by atoms with E-state index in [1.807, 2.05) is 0 Å². The lowest BCUT2D eigenvalue weighted by atomic mass is 9.77. The first-order chi connectivity index (χ1) is 24.1. The van der Waals surface area contributed by atoms with Gasteiger partial charge in [0.25, 0.3) is 0 Å². The monoisotopic (exact) mass is 663 g/mol. The fourth-order valence-corrected chi connectivity index (χ4v) is 7.56. The SMILES string of the molecule is CC(C)(C)c1ccc(-c2ccc3cc4c(cc3c2)-c2cc3ccc(N(c5ccc(C(C)(C)C)cc5)c5ccc(C(C)(C)C)cc5)cc3cc2-4)cc1. The number of hydrogen-bond donors (Lipinski definition) is 0. The minimum Gasteiger partial charge on any atom is -0.310 e. The summed E-state index contributed by atoms with van der Waals surface area (Å²) in [7, 11) is 0. The Kier molecular flexibility index (Phi) is 7.58. The lowest BCUT2D eigenvalue weighted by Crippen LogP contribution is -2.14. The first-order valence-electron chi connectivity index (χ1n) is 18.4. The fourth-order valence-electron chi connectivity index (χ4n) is 7.56. The zero-order valence-corrected chi connectivity index (χ0v) is 31.6. The van der Waals surface area contributed by atoms with E-state index >= 15 is 0 Å². The van der Waals surface area contributed by atoms with E-state index in [0.717, 1.165) is 17.1 Å². The highest BCUT2D eigenvalue weighted by Crippen LogP contribution is 2.51. The van der Waals surface area contributed by atoms with Crippen molar-refractivity contribution in [3.63, 3.8) is 0 Å². The van der Waals surface area contributed by atoms with Gasteiger partial charge in [0, 0.05) is 17.1 Å². The molecule has 0 amide bonds. The summed E-state index contributed by atoms with van der Waals surface area (Å²) < 4.78 is 0. The third kappa shape index (κ3) is 6.03. The molecule has 0 saturated carbocycles. The van der Waals surface area contributed by atoms with Crippen LogP contribution in [-0.2, 0) is 16.2 Å². The highest BCUT2D eigenvalue weighted by Gasteiger charge is 2.25. The van der Waals surface area contributed by atoms with E-state index in [9.17, 15) is 0 Å². The molecular weight excluding hydrogens is 615 g/mol. The zero-order chi connectivity index (χ0) is 35.9. The van der Waals surface area contributed by atoms with Gasteiger partial charge in [-0.3, -0.25) is 0 Å². The van der Waals surface area contributed by atoms with Gasteiger partial charge < -0.3 is 4.90 Å². The third-order valence-corrected chi connectivity index (χ3v) is 10.8. The summed E-state index contributed by atoms with van der Waals surface area (Å²) in [6.07, 6.45) is 0. The van der Waals surface area contributed by atoms with Crippen LogP contribution in [0.4, 0.5) is 17.1 Å². The van der Waals surface area contributed by atoms with Crippen molar-refractivity contribution in [3.05, 3.63) is 150 Å². The van der Waals surface area contributed by atoms with Crippen LogP contribution in [0, 0.1) is 0 Å². The summed E-state index contributed by atoms with van der Waals surface area (Å²) in [5.74, 6) is 0. The Morgan fingerprint density at radius 2 is 0.627 bits per heavy atom. The molecule has 1 nitrogen and oxygen atoms in total. The molecule has 0 radical (unpaired) electrons. The molecule has 7 aromatic carbocycles. The topological polar surface area (TPSA) is 3.24 Å².